The fourth-order valence-corrected chi connectivity index (χ4v) is 2.45. The van der Waals surface area contributed by atoms with Gasteiger partial charge in [-0.1, -0.05) is 40.5 Å². The predicted molar refractivity (Wildman–Crippen MR) is 69.1 cm³/mol. The van der Waals surface area contributed by atoms with Crippen molar-refractivity contribution in [3.05, 3.63) is 0 Å². The second-order valence-electron chi connectivity index (χ2n) is 6.03. The van der Waals surface area contributed by atoms with E-state index in [2.05, 4.69) is 33.2 Å². The van der Waals surface area contributed by atoms with Crippen molar-refractivity contribution in [2.45, 2.75) is 65.8 Å². The van der Waals surface area contributed by atoms with Gasteiger partial charge in [0.2, 0.25) is 0 Å². The van der Waals surface area contributed by atoms with Gasteiger partial charge in [0.25, 0.3) is 0 Å². The van der Waals surface area contributed by atoms with E-state index in [1.165, 1.54) is 32.1 Å². The standard InChI is InChI=1S/C14H29NO/c1-11(2)10-16-15-14-7-5-6-13(8-9-14)12(3)4/h11-15H,5-10H2,1-4H3. The van der Waals surface area contributed by atoms with Crippen molar-refractivity contribution in [1.29, 1.82) is 0 Å². The molecule has 0 radical (unpaired) electrons. The maximum atomic E-state index is 5.54. The monoisotopic (exact) mass is 227 g/mol. The molecule has 0 heterocycles. The van der Waals surface area contributed by atoms with Crippen LogP contribution in [0, 0.1) is 17.8 Å². The molecule has 1 aliphatic carbocycles. The van der Waals surface area contributed by atoms with Crippen molar-refractivity contribution in [3.8, 4) is 0 Å². The Kier molecular flexibility index (Phi) is 6.37. The molecular formula is C14H29NO. The summed E-state index contributed by atoms with van der Waals surface area (Å²) in [5.41, 5.74) is 3.25. The summed E-state index contributed by atoms with van der Waals surface area (Å²) in [7, 11) is 0. The van der Waals surface area contributed by atoms with Crippen molar-refractivity contribution < 1.29 is 4.84 Å². The number of hydrogen-bond donors (Lipinski definition) is 1. The van der Waals surface area contributed by atoms with Crippen molar-refractivity contribution in [2.75, 3.05) is 6.61 Å². The zero-order valence-electron chi connectivity index (χ0n) is 11.5. The summed E-state index contributed by atoms with van der Waals surface area (Å²) < 4.78 is 0. The van der Waals surface area contributed by atoms with Crippen LogP contribution >= 0.6 is 0 Å². The van der Waals surface area contributed by atoms with Crippen LogP contribution < -0.4 is 5.48 Å². The number of rotatable bonds is 5. The molecule has 0 spiro atoms. The Labute approximate surface area is 101 Å². The molecule has 0 bridgehead atoms. The fraction of sp³-hybridized carbons (Fsp3) is 1.00. The third-order valence-corrected chi connectivity index (χ3v) is 3.62. The zero-order valence-corrected chi connectivity index (χ0v) is 11.5. The van der Waals surface area contributed by atoms with Crippen molar-refractivity contribution >= 4 is 0 Å². The minimum absolute atomic E-state index is 0.586. The van der Waals surface area contributed by atoms with Crippen LogP contribution in [-0.2, 0) is 4.84 Å². The lowest BCUT2D eigenvalue weighted by molar-refractivity contribution is -0.00253. The molecule has 1 aliphatic rings. The molecule has 2 unspecified atom stereocenters. The molecule has 0 aromatic carbocycles. The van der Waals surface area contributed by atoms with Crippen LogP contribution in [0.5, 0.6) is 0 Å². The molecular weight excluding hydrogens is 198 g/mol. The largest absolute Gasteiger partial charge is 0.301 e. The fourth-order valence-electron chi connectivity index (χ4n) is 2.45. The highest BCUT2D eigenvalue weighted by molar-refractivity contribution is 4.74. The zero-order chi connectivity index (χ0) is 12.0. The minimum atomic E-state index is 0.586. The molecule has 0 amide bonds. The highest BCUT2D eigenvalue weighted by atomic mass is 16.6. The molecule has 16 heavy (non-hydrogen) atoms. The first-order valence-corrected chi connectivity index (χ1v) is 6.97. The van der Waals surface area contributed by atoms with Gasteiger partial charge in [0.15, 0.2) is 0 Å². The van der Waals surface area contributed by atoms with Gasteiger partial charge in [-0.2, -0.15) is 5.48 Å². The van der Waals surface area contributed by atoms with Crippen LogP contribution in [0.1, 0.15) is 59.8 Å². The van der Waals surface area contributed by atoms with Crippen molar-refractivity contribution in [1.82, 2.24) is 5.48 Å². The first kappa shape index (κ1) is 14.0. The van der Waals surface area contributed by atoms with Crippen molar-refractivity contribution in [3.63, 3.8) is 0 Å². The Balaban J connectivity index is 2.20. The van der Waals surface area contributed by atoms with E-state index >= 15 is 0 Å². The smallest absolute Gasteiger partial charge is 0.0705 e. The second-order valence-corrected chi connectivity index (χ2v) is 6.03. The summed E-state index contributed by atoms with van der Waals surface area (Å²) >= 11 is 0. The van der Waals surface area contributed by atoms with E-state index in [9.17, 15) is 0 Å². The van der Waals surface area contributed by atoms with Gasteiger partial charge in [-0.05, 0) is 37.0 Å². The molecule has 96 valence electrons. The normalized spacial score (nSPS) is 27.4. The highest BCUT2D eigenvalue weighted by Crippen LogP contribution is 2.28. The van der Waals surface area contributed by atoms with E-state index < -0.39 is 0 Å². The van der Waals surface area contributed by atoms with Gasteiger partial charge < -0.3 is 4.84 Å². The van der Waals surface area contributed by atoms with E-state index in [4.69, 9.17) is 4.84 Å². The maximum absolute atomic E-state index is 5.54. The SMILES string of the molecule is CC(C)CONC1CCCC(C(C)C)CC1. The van der Waals surface area contributed by atoms with Crippen LogP contribution in [0.25, 0.3) is 0 Å². The lowest BCUT2D eigenvalue weighted by Crippen LogP contribution is -2.30. The number of hydroxylamine groups is 1. The summed E-state index contributed by atoms with van der Waals surface area (Å²) in [6, 6.07) is 0.586. The first-order valence-electron chi connectivity index (χ1n) is 6.97. The second kappa shape index (κ2) is 7.29. The highest BCUT2D eigenvalue weighted by Gasteiger charge is 2.20. The molecule has 1 saturated carbocycles. The number of nitrogens with one attached hydrogen (secondary N) is 1. The number of hydrogen-bond acceptors (Lipinski definition) is 2. The molecule has 0 aromatic rings. The third-order valence-electron chi connectivity index (χ3n) is 3.62. The Bertz CT molecular complexity index is 180. The third kappa shape index (κ3) is 5.31. The lowest BCUT2D eigenvalue weighted by Gasteiger charge is -2.19. The van der Waals surface area contributed by atoms with Gasteiger partial charge in [0.1, 0.15) is 0 Å². The first-order chi connectivity index (χ1) is 7.59. The van der Waals surface area contributed by atoms with Crippen LogP contribution in [0.3, 0.4) is 0 Å². The molecule has 0 saturated heterocycles. The molecule has 1 fully saturated rings. The molecule has 1 N–H and O–H groups in total. The Morgan fingerprint density at radius 1 is 1.06 bits per heavy atom. The van der Waals surface area contributed by atoms with E-state index in [-0.39, 0.29) is 0 Å². The molecule has 2 heteroatoms. The van der Waals surface area contributed by atoms with Gasteiger partial charge in [-0.25, -0.2) is 0 Å². The Morgan fingerprint density at radius 2 is 1.81 bits per heavy atom. The average Bonchev–Trinajstić information content (AvgIpc) is 2.42. The van der Waals surface area contributed by atoms with E-state index in [0.29, 0.717) is 12.0 Å². The summed E-state index contributed by atoms with van der Waals surface area (Å²) in [6.07, 6.45) is 6.67. The maximum Gasteiger partial charge on any atom is 0.0705 e. The van der Waals surface area contributed by atoms with Gasteiger partial charge >= 0.3 is 0 Å². The topological polar surface area (TPSA) is 21.3 Å². The van der Waals surface area contributed by atoms with E-state index in [1.807, 2.05) is 0 Å². The predicted octanol–water partition coefficient (Wildman–Crippen LogP) is 3.77. The van der Waals surface area contributed by atoms with E-state index in [0.717, 1.165) is 18.4 Å². The summed E-state index contributed by atoms with van der Waals surface area (Å²) in [5.74, 6) is 2.38. The van der Waals surface area contributed by atoms with Gasteiger partial charge in [-0.3, -0.25) is 0 Å². The molecule has 1 rings (SSSR count). The summed E-state index contributed by atoms with van der Waals surface area (Å²) in [6.45, 7) is 9.90. The Hall–Kier alpha value is -0.0800. The van der Waals surface area contributed by atoms with Crippen LogP contribution in [0.15, 0.2) is 0 Å². The van der Waals surface area contributed by atoms with Gasteiger partial charge in [-0.15, -0.1) is 0 Å². The van der Waals surface area contributed by atoms with Crippen LogP contribution in [-0.4, -0.2) is 12.6 Å². The van der Waals surface area contributed by atoms with Crippen molar-refractivity contribution in [2.24, 2.45) is 17.8 Å². The summed E-state index contributed by atoms with van der Waals surface area (Å²) in [5, 5.41) is 0. The van der Waals surface area contributed by atoms with Gasteiger partial charge in [0.05, 0.1) is 6.61 Å². The lowest BCUT2D eigenvalue weighted by atomic mass is 9.89. The van der Waals surface area contributed by atoms with Crippen LogP contribution in [0.2, 0.25) is 0 Å². The molecule has 0 aliphatic heterocycles. The average molecular weight is 227 g/mol. The Morgan fingerprint density at radius 3 is 2.44 bits per heavy atom. The summed E-state index contributed by atoms with van der Waals surface area (Å²) in [4.78, 5) is 5.54. The molecule has 2 atom stereocenters. The quantitative estimate of drug-likeness (QED) is 0.570. The minimum Gasteiger partial charge on any atom is -0.301 e. The molecule has 2 nitrogen and oxygen atoms in total. The molecule has 0 aromatic heterocycles. The van der Waals surface area contributed by atoms with Crippen LogP contribution in [0.4, 0.5) is 0 Å². The van der Waals surface area contributed by atoms with E-state index in [1.54, 1.807) is 0 Å². The van der Waals surface area contributed by atoms with Gasteiger partial charge in [0, 0.05) is 6.04 Å².